The first kappa shape index (κ1) is 17.1. The van der Waals surface area contributed by atoms with Gasteiger partial charge in [0.1, 0.15) is 11.6 Å². The fourth-order valence-electron chi connectivity index (χ4n) is 2.90. The van der Waals surface area contributed by atoms with Gasteiger partial charge in [-0.15, -0.1) is 0 Å². The number of carboxylic acid groups (broad SMARTS) is 1. The van der Waals surface area contributed by atoms with Crippen molar-refractivity contribution in [2.45, 2.75) is 38.7 Å². The number of rotatable bonds is 5. The quantitative estimate of drug-likeness (QED) is 0.898. The molecule has 0 bridgehead atoms. The molecule has 0 spiro atoms. The van der Waals surface area contributed by atoms with Gasteiger partial charge in [-0.3, -0.25) is 4.79 Å². The number of ether oxygens (including phenoxy) is 1. The zero-order valence-electron chi connectivity index (χ0n) is 14.1. The number of carboxylic acids is 1. The summed E-state index contributed by atoms with van der Waals surface area (Å²) in [4.78, 5) is 23.4. The van der Waals surface area contributed by atoms with Gasteiger partial charge in [0.15, 0.2) is 11.4 Å². The van der Waals surface area contributed by atoms with Crippen molar-refractivity contribution in [2.24, 2.45) is 0 Å². The van der Waals surface area contributed by atoms with Crippen LogP contribution in [-0.2, 0) is 17.6 Å². The number of fused-ring (bicyclic) bond motifs is 1. The van der Waals surface area contributed by atoms with Crippen LogP contribution in [0.4, 0.5) is 4.39 Å². The lowest BCUT2D eigenvalue weighted by atomic mass is 9.98. The molecule has 2 aromatic carbocycles. The second-order valence-corrected chi connectivity index (χ2v) is 6.76. The number of carbonyl (C=O) groups excluding carboxylic acids is 1. The number of hydrogen-bond acceptors (Lipinski definition) is 3. The monoisotopic (exact) mass is 342 g/mol. The van der Waals surface area contributed by atoms with Crippen LogP contribution >= 0.6 is 0 Å². The highest BCUT2D eigenvalue weighted by atomic mass is 19.1. The number of aryl methyl sites for hydroxylation is 1. The van der Waals surface area contributed by atoms with Crippen LogP contribution in [0.25, 0.3) is 0 Å². The van der Waals surface area contributed by atoms with Crippen LogP contribution in [0.5, 0.6) is 5.75 Å². The van der Waals surface area contributed by atoms with Crippen LogP contribution in [0, 0.1) is 5.82 Å². The van der Waals surface area contributed by atoms with E-state index >= 15 is 0 Å². The number of carbonyl (C=O) groups is 2. The maximum atomic E-state index is 13.1. The second-order valence-electron chi connectivity index (χ2n) is 6.76. The van der Waals surface area contributed by atoms with Gasteiger partial charge in [0.2, 0.25) is 0 Å². The molecule has 0 atom stereocenters. The van der Waals surface area contributed by atoms with Crippen molar-refractivity contribution in [3.8, 4) is 5.75 Å². The van der Waals surface area contributed by atoms with Gasteiger partial charge in [0.05, 0.1) is 0 Å². The Morgan fingerprint density at radius 3 is 2.52 bits per heavy atom. The van der Waals surface area contributed by atoms with Crippen LogP contribution < -0.4 is 4.74 Å². The normalized spacial score (nSPS) is 13.6. The molecule has 0 heterocycles. The third kappa shape index (κ3) is 3.55. The summed E-state index contributed by atoms with van der Waals surface area (Å²) in [5.74, 6) is -0.981. The minimum Gasteiger partial charge on any atom is -0.478 e. The molecule has 0 radical (unpaired) electrons. The fourth-order valence-corrected chi connectivity index (χ4v) is 2.90. The van der Waals surface area contributed by atoms with Crippen molar-refractivity contribution < 1.29 is 23.8 Å². The Bertz CT molecular complexity index is 838. The van der Waals surface area contributed by atoms with Gasteiger partial charge in [-0.05, 0) is 55.2 Å². The largest absolute Gasteiger partial charge is 0.478 e. The molecule has 0 saturated heterocycles. The van der Waals surface area contributed by atoms with Crippen molar-refractivity contribution in [3.63, 3.8) is 0 Å². The fraction of sp³-hybridized carbons (Fsp3) is 0.300. The maximum Gasteiger partial charge on any atom is 0.347 e. The van der Waals surface area contributed by atoms with Gasteiger partial charge >= 0.3 is 5.97 Å². The minimum absolute atomic E-state index is 0.0429. The van der Waals surface area contributed by atoms with E-state index < -0.39 is 11.6 Å². The molecule has 4 nitrogen and oxygen atoms in total. The first-order valence-corrected chi connectivity index (χ1v) is 8.12. The van der Waals surface area contributed by atoms with E-state index in [0.717, 1.165) is 16.7 Å². The average molecular weight is 342 g/mol. The first-order valence-electron chi connectivity index (χ1n) is 8.12. The molecule has 0 unspecified atom stereocenters. The molecule has 0 fully saturated rings. The zero-order valence-corrected chi connectivity index (χ0v) is 14.1. The van der Waals surface area contributed by atoms with E-state index in [1.165, 1.54) is 26.0 Å². The lowest BCUT2D eigenvalue weighted by molar-refractivity contribution is -0.152. The van der Waals surface area contributed by atoms with E-state index in [1.807, 2.05) is 6.07 Å². The molecule has 130 valence electrons. The van der Waals surface area contributed by atoms with E-state index in [-0.39, 0.29) is 11.6 Å². The van der Waals surface area contributed by atoms with Crippen molar-refractivity contribution >= 4 is 11.8 Å². The topological polar surface area (TPSA) is 63.6 Å². The Kier molecular flexibility index (Phi) is 4.33. The molecule has 0 amide bonds. The number of hydrogen-bond donors (Lipinski definition) is 1. The van der Waals surface area contributed by atoms with Crippen LogP contribution in [-0.4, -0.2) is 22.5 Å². The van der Waals surface area contributed by atoms with Gasteiger partial charge in [0, 0.05) is 18.4 Å². The van der Waals surface area contributed by atoms with Crippen LogP contribution in [0.3, 0.4) is 0 Å². The standard InChI is InChI=1S/C20H19FO4/c1-20(2,19(23)24)25-18-11-16-13(5-8-17(16)22)10-14(18)9-12-3-6-15(21)7-4-12/h3-4,6-7,10-11H,5,8-9H2,1-2H3,(H,23,24). The Morgan fingerprint density at radius 1 is 1.20 bits per heavy atom. The lowest BCUT2D eigenvalue weighted by Gasteiger charge is -2.24. The molecule has 2 aromatic rings. The zero-order chi connectivity index (χ0) is 18.2. The third-order valence-corrected chi connectivity index (χ3v) is 4.40. The van der Waals surface area contributed by atoms with E-state index in [9.17, 15) is 19.1 Å². The summed E-state index contributed by atoms with van der Waals surface area (Å²) >= 11 is 0. The molecule has 0 aliphatic heterocycles. The first-order chi connectivity index (χ1) is 11.8. The summed E-state index contributed by atoms with van der Waals surface area (Å²) in [7, 11) is 0. The van der Waals surface area contributed by atoms with Gasteiger partial charge in [-0.25, -0.2) is 9.18 Å². The van der Waals surface area contributed by atoms with Crippen LogP contribution in [0.2, 0.25) is 0 Å². The van der Waals surface area contributed by atoms with Crippen molar-refractivity contribution in [3.05, 3.63) is 64.5 Å². The Hall–Kier alpha value is -2.69. The summed E-state index contributed by atoms with van der Waals surface area (Å²) in [5.41, 5.74) is 1.78. The van der Waals surface area contributed by atoms with E-state index in [1.54, 1.807) is 18.2 Å². The molecule has 25 heavy (non-hydrogen) atoms. The van der Waals surface area contributed by atoms with E-state index in [0.29, 0.717) is 30.6 Å². The smallest absolute Gasteiger partial charge is 0.347 e. The molecular weight excluding hydrogens is 323 g/mol. The molecule has 5 heteroatoms. The maximum absolute atomic E-state index is 13.1. The van der Waals surface area contributed by atoms with E-state index in [2.05, 4.69) is 0 Å². The Balaban J connectivity index is 2.01. The van der Waals surface area contributed by atoms with Gasteiger partial charge in [0.25, 0.3) is 0 Å². The summed E-state index contributed by atoms with van der Waals surface area (Å²) < 4.78 is 18.8. The molecule has 1 N–H and O–H groups in total. The Morgan fingerprint density at radius 2 is 1.88 bits per heavy atom. The van der Waals surface area contributed by atoms with Crippen LogP contribution in [0.1, 0.15) is 47.3 Å². The molecule has 1 aliphatic rings. The number of ketones is 1. The highest BCUT2D eigenvalue weighted by Gasteiger charge is 2.31. The number of halogens is 1. The van der Waals surface area contributed by atoms with E-state index in [4.69, 9.17) is 4.74 Å². The number of Topliss-reactive ketones (excluding diaryl/α,β-unsaturated/α-hetero) is 1. The average Bonchev–Trinajstić information content (AvgIpc) is 2.90. The SMILES string of the molecule is CC(C)(Oc1cc2c(cc1Cc1ccc(F)cc1)CCC2=O)C(=O)O. The number of benzene rings is 2. The summed E-state index contributed by atoms with van der Waals surface area (Å²) in [5, 5.41) is 9.33. The lowest BCUT2D eigenvalue weighted by Crippen LogP contribution is -2.38. The minimum atomic E-state index is -1.42. The summed E-state index contributed by atoms with van der Waals surface area (Å²) in [6, 6.07) is 9.67. The van der Waals surface area contributed by atoms with Crippen molar-refractivity contribution in [1.82, 2.24) is 0 Å². The molecule has 0 saturated carbocycles. The summed E-state index contributed by atoms with van der Waals surface area (Å²) in [6.07, 6.45) is 1.59. The molecule has 0 aromatic heterocycles. The molecule has 1 aliphatic carbocycles. The van der Waals surface area contributed by atoms with Gasteiger partial charge in [-0.1, -0.05) is 18.2 Å². The molecular formula is C20H19FO4. The predicted octanol–water partition coefficient (Wildman–Crippen LogP) is 3.79. The van der Waals surface area contributed by atoms with Gasteiger partial charge in [-0.2, -0.15) is 0 Å². The second kappa shape index (κ2) is 6.31. The van der Waals surface area contributed by atoms with Crippen molar-refractivity contribution in [1.29, 1.82) is 0 Å². The molecule has 3 rings (SSSR count). The predicted molar refractivity (Wildman–Crippen MR) is 90.6 cm³/mol. The summed E-state index contributed by atoms with van der Waals surface area (Å²) in [6.45, 7) is 2.93. The van der Waals surface area contributed by atoms with Gasteiger partial charge < -0.3 is 9.84 Å². The highest BCUT2D eigenvalue weighted by Crippen LogP contribution is 2.33. The number of aliphatic carboxylic acids is 1. The van der Waals surface area contributed by atoms with Crippen molar-refractivity contribution in [2.75, 3.05) is 0 Å². The highest BCUT2D eigenvalue weighted by molar-refractivity contribution is 6.01. The van der Waals surface area contributed by atoms with Crippen LogP contribution in [0.15, 0.2) is 36.4 Å². The third-order valence-electron chi connectivity index (χ3n) is 4.40. The Labute approximate surface area is 145 Å².